The van der Waals surface area contributed by atoms with E-state index in [4.69, 9.17) is 0 Å². The zero-order chi connectivity index (χ0) is 10.1. The molecule has 1 N–H and O–H groups in total. The molecule has 1 aromatic carbocycles. The first kappa shape index (κ1) is 10.6. The van der Waals surface area contributed by atoms with Crippen LogP contribution >= 0.6 is 0 Å². The van der Waals surface area contributed by atoms with Crippen LogP contribution in [0.2, 0.25) is 0 Å². The molecule has 0 amide bonds. The second-order valence-corrected chi connectivity index (χ2v) is 2.79. The minimum atomic E-state index is 0.697. The van der Waals surface area contributed by atoms with Crippen molar-refractivity contribution in [3.63, 3.8) is 0 Å². The molecule has 3 heteroatoms. The van der Waals surface area contributed by atoms with Crippen molar-refractivity contribution in [2.75, 3.05) is 19.6 Å². The molecule has 0 saturated carbocycles. The largest absolute Gasteiger partial charge is 0.311 e. The summed E-state index contributed by atoms with van der Waals surface area (Å²) in [4.78, 5) is 0. The lowest BCUT2D eigenvalue weighted by atomic mass is 10.3. The maximum atomic E-state index is 4.06. The third-order valence-electron chi connectivity index (χ3n) is 1.62. The van der Waals surface area contributed by atoms with Crippen LogP contribution in [0.15, 0.2) is 53.2 Å². The molecule has 0 aromatic heterocycles. The van der Waals surface area contributed by atoms with Crippen LogP contribution in [0.1, 0.15) is 0 Å². The molecule has 0 heterocycles. The highest BCUT2D eigenvalue weighted by Gasteiger charge is 1.84. The summed E-state index contributed by atoms with van der Waals surface area (Å²) < 4.78 is 0. The summed E-state index contributed by atoms with van der Waals surface area (Å²) in [5, 5.41) is 11.3. The quantitative estimate of drug-likeness (QED) is 0.417. The summed E-state index contributed by atoms with van der Waals surface area (Å²) in [6, 6.07) is 9.72. The Bertz CT molecular complexity index is 280. The predicted molar refractivity (Wildman–Crippen MR) is 58.9 cm³/mol. The van der Waals surface area contributed by atoms with E-state index in [-0.39, 0.29) is 0 Å². The van der Waals surface area contributed by atoms with Gasteiger partial charge in [-0.15, -0.1) is 6.58 Å². The third kappa shape index (κ3) is 4.52. The van der Waals surface area contributed by atoms with E-state index in [1.165, 1.54) is 0 Å². The van der Waals surface area contributed by atoms with Gasteiger partial charge in [-0.25, -0.2) is 0 Å². The van der Waals surface area contributed by atoms with Crippen LogP contribution in [-0.2, 0) is 0 Å². The highest BCUT2D eigenvalue weighted by molar-refractivity contribution is 5.34. The minimum absolute atomic E-state index is 0.697. The monoisotopic (exact) mass is 189 g/mol. The van der Waals surface area contributed by atoms with Crippen LogP contribution in [0, 0.1) is 0 Å². The number of hydrogen-bond donors (Lipinski definition) is 1. The van der Waals surface area contributed by atoms with E-state index in [1.54, 1.807) is 0 Å². The van der Waals surface area contributed by atoms with E-state index in [9.17, 15) is 0 Å². The molecule has 0 aliphatic carbocycles. The molecule has 3 nitrogen and oxygen atoms in total. The Morgan fingerprint density at radius 1 is 1.29 bits per heavy atom. The minimum Gasteiger partial charge on any atom is -0.311 e. The summed E-state index contributed by atoms with van der Waals surface area (Å²) in [5.74, 6) is 0. The topological polar surface area (TPSA) is 36.8 Å². The molecule has 0 aliphatic rings. The second kappa shape index (κ2) is 6.97. The van der Waals surface area contributed by atoms with Crippen molar-refractivity contribution in [3.05, 3.63) is 43.0 Å². The second-order valence-electron chi connectivity index (χ2n) is 2.79. The fourth-order valence-corrected chi connectivity index (χ4v) is 0.959. The van der Waals surface area contributed by atoms with Crippen molar-refractivity contribution in [2.45, 2.75) is 0 Å². The van der Waals surface area contributed by atoms with Gasteiger partial charge < -0.3 is 5.32 Å². The fraction of sp³-hybridized carbons (Fsp3) is 0.273. The maximum absolute atomic E-state index is 4.06. The zero-order valence-corrected chi connectivity index (χ0v) is 8.19. The summed E-state index contributed by atoms with van der Waals surface area (Å²) >= 11 is 0. The number of rotatable bonds is 6. The highest BCUT2D eigenvalue weighted by Crippen LogP contribution is 2.09. The Hall–Kier alpha value is -1.48. The van der Waals surface area contributed by atoms with Crippen LogP contribution in [0.4, 0.5) is 5.69 Å². The molecule has 0 unspecified atom stereocenters. The number of nitrogens with zero attached hydrogens (tertiary/aromatic N) is 2. The molecule has 0 fully saturated rings. The fourth-order valence-electron chi connectivity index (χ4n) is 0.959. The van der Waals surface area contributed by atoms with E-state index >= 15 is 0 Å². The highest BCUT2D eigenvalue weighted by atomic mass is 15.1. The molecule has 0 bridgehead atoms. The van der Waals surface area contributed by atoms with E-state index in [1.807, 2.05) is 36.4 Å². The predicted octanol–water partition coefficient (Wildman–Crippen LogP) is 2.55. The lowest BCUT2D eigenvalue weighted by Gasteiger charge is -1.95. The number of nitrogens with one attached hydrogen (secondary N) is 1. The average Bonchev–Trinajstić information content (AvgIpc) is 2.25. The Morgan fingerprint density at radius 3 is 2.79 bits per heavy atom. The Balaban J connectivity index is 2.18. The molecule has 1 aromatic rings. The third-order valence-corrected chi connectivity index (χ3v) is 1.62. The molecular formula is C11H15N3. The van der Waals surface area contributed by atoms with Crippen molar-refractivity contribution >= 4 is 5.69 Å². The summed E-state index contributed by atoms with van der Waals surface area (Å²) in [6.07, 6.45) is 1.83. The van der Waals surface area contributed by atoms with Gasteiger partial charge in [-0.2, -0.15) is 10.2 Å². The van der Waals surface area contributed by atoms with Gasteiger partial charge in [0.15, 0.2) is 0 Å². The van der Waals surface area contributed by atoms with Gasteiger partial charge in [-0.1, -0.05) is 24.3 Å². The lowest BCUT2D eigenvalue weighted by molar-refractivity contribution is 0.739. The molecule has 74 valence electrons. The number of benzene rings is 1. The molecule has 0 saturated heterocycles. The van der Waals surface area contributed by atoms with Gasteiger partial charge in [0.05, 0.1) is 12.2 Å². The van der Waals surface area contributed by atoms with Gasteiger partial charge in [0, 0.05) is 13.1 Å². The smallest absolute Gasteiger partial charge is 0.0852 e. The summed E-state index contributed by atoms with van der Waals surface area (Å²) in [5.41, 5.74) is 0.899. The van der Waals surface area contributed by atoms with Crippen molar-refractivity contribution in [3.8, 4) is 0 Å². The Kier molecular flexibility index (Phi) is 5.28. The molecule has 0 spiro atoms. The normalized spacial score (nSPS) is 10.6. The molecule has 0 atom stereocenters. The molecule has 14 heavy (non-hydrogen) atoms. The molecule has 0 aliphatic heterocycles. The average molecular weight is 189 g/mol. The van der Waals surface area contributed by atoms with Gasteiger partial charge in [0.1, 0.15) is 0 Å². The first-order valence-corrected chi connectivity index (χ1v) is 4.67. The molecule has 1 rings (SSSR count). The van der Waals surface area contributed by atoms with Crippen molar-refractivity contribution in [1.82, 2.24) is 5.32 Å². The van der Waals surface area contributed by atoms with Crippen LogP contribution in [-0.4, -0.2) is 19.6 Å². The van der Waals surface area contributed by atoms with Crippen molar-refractivity contribution < 1.29 is 0 Å². The molecular weight excluding hydrogens is 174 g/mol. The Morgan fingerprint density at radius 2 is 2.07 bits per heavy atom. The van der Waals surface area contributed by atoms with Crippen molar-refractivity contribution in [2.24, 2.45) is 10.2 Å². The maximum Gasteiger partial charge on any atom is 0.0852 e. The van der Waals surface area contributed by atoms with Gasteiger partial charge >= 0.3 is 0 Å². The van der Waals surface area contributed by atoms with Gasteiger partial charge in [0.2, 0.25) is 0 Å². The van der Waals surface area contributed by atoms with E-state index < -0.39 is 0 Å². The van der Waals surface area contributed by atoms with E-state index in [0.717, 1.165) is 18.8 Å². The van der Waals surface area contributed by atoms with Crippen LogP contribution in [0.3, 0.4) is 0 Å². The van der Waals surface area contributed by atoms with E-state index in [2.05, 4.69) is 22.1 Å². The summed E-state index contributed by atoms with van der Waals surface area (Å²) in [6.45, 7) is 5.96. The summed E-state index contributed by atoms with van der Waals surface area (Å²) in [7, 11) is 0. The van der Waals surface area contributed by atoms with Crippen LogP contribution in [0.25, 0.3) is 0 Å². The lowest BCUT2D eigenvalue weighted by Crippen LogP contribution is -2.16. The van der Waals surface area contributed by atoms with Crippen LogP contribution in [0.5, 0.6) is 0 Å². The number of hydrogen-bond acceptors (Lipinski definition) is 3. The number of azo groups is 1. The van der Waals surface area contributed by atoms with Gasteiger partial charge in [0.25, 0.3) is 0 Å². The van der Waals surface area contributed by atoms with E-state index in [0.29, 0.717) is 6.54 Å². The van der Waals surface area contributed by atoms with Gasteiger partial charge in [-0.05, 0) is 12.1 Å². The zero-order valence-electron chi connectivity index (χ0n) is 8.19. The molecule has 0 radical (unpaired) electrons. The van der Waals surface area contributed by atoms with Crippen molar-refractivity contribution in [1.29, 1.82) is 0 Å². The SMILES string of the molecule is C=CCNCCN=Nc1ccccc1. The standard InChI is InChI=1S/C11H15N3/c1-2-8-12-9-10-13-14-11-6-4-3-5-7-11/h2-7,12H,1,8-10H2. The Labute approximate surface area is 84.6 Å². The first-order chi connectivity index (χ1) is 6.93. The van der Waals surface area contributed by atoms with Crippen LogP contribution < -0.4 is 5.32 Å². The van der Waals surface area contributed by atoms with Gasteiger partial charge in [-0.3, -0.25) is 0 Å². The first-order valence-electron chi connectivity index (χ1n) is 4.67.